The molecule has 0 saturated carbocycles. The van der Waals surface area contributed by atoms with Crippen molar-refractivity contribution in [2.24, 2.45) is 11.1 Å². The average Bonchev–Trinajstić information content (AvgIpc) is 2.26. The molecule has 0 spiro atoms. The Morgan fingerprint density at radius 3 is 1.84 bits per heavy atom. The first-order valence-electron chi connectivity index (χ1n) is 6.39. The summed E-state index contributed by atoms with van der Waals surface area (Å²) in [5, 5.41) is 4.17. The van der Waals surface area contributed by atoms with Crippen molar-refractivity contribution in [1.29, 1.82) is 0 Å². The molecule has 0 aliphatic heterocycles. The Morgan fingerprint density at radius 1 is 1.16 bits per heavy atom. The molecule has 0 aromatic rings. The minimum absolute atomic E-state index is 0.0305. The van der Waals surface area contributed by atoms with Crippen molar-refractivity contribution in [2.75, 3.05) is 14.2 Å². The SMILES string of the molecule is COP(=O)(OC)/C(=N/O[Si](C)(C)C(C)(C)C)C(C)C. The van der Waals surface area contributed by atoms with Crippen LogP contribution in [0.2, 0.25) is 18.1 Å². The van der Waals surface area contributed by atoms with Crippen LogP contribution < -0.4 is 0 Å². The summed E-state index contributed by atoms with van der Waals surface area (Å²) in [4.78, 5) is 0. The van der Waals surface area contributed by atoms with E-state index < -0.39 is 15.9 Å². The van der Waals surface area contributed by atoms with Gasteiger partial charge in [-0.3, -0.25) is 4.57 Å². The highest BCUT2D eigenvalue weighted by molar-refractivity contribution is 7.72. The van der Waals surface area contributed by atoms with Crippen LogP contribution in [-0.4, -0.2) is 28.0 Å². The second kappa shape index (κ2) is 6.53. The summed E-state index contributed by atoms with van der Waals surface area (Å²) in [7, 11) is -2.66. The fraction of sp³-hybridized carbons (Fsp3) is 0.917. The number of hydrogen-bond donors (Lipinski definition) is 0. The summed E-state index contributed by atoms with van der Waals surface area (Å²) in [5.74, 6) is -0.0736. The van der Waals surface area contributed by atoms with E-state index in [-0.39, 0.29) is 11.0 Å². The maximum atomic E-state index is 12.4. The lowest BCUT2D eigenvalue weighted by Gasteiger charge is -2.33. The molecule has 0 heterocycles. The molecule has 0 bridgehead atoms. The number of rotatable bonds is 6. The minimum atomic E-state index is -3.34. The van der Waals surface area contributed by atoms with Crippen molar-refractivity contribution in [3.05, 3.63) is 0 Å². The van der Waals surface area contributed by atoms with Gasteiger partial charge in [-0.1, -0.05) is 39.8 Å². The Labute approximate surface area is 118 Å². The molecule has 5 nitrogen and oxygen atoms in total. The summed E-state index contributed by atoms with van der Waals surface area (Å²) in [6.45, 7) is 14.3. The van der Waals surface area contributed by atoms with Gasteiger partial charge >= 0.3 is 7.60 Å². The van der Waals surface area contributed by atoms with Gasteiger partial charge in [-0.25, -0.2) is 0 Å². The Bertz CT molecular complexity index is 366. The van der Waals surface area contributed by atoms with E-state index in [0.29, 0.717) is 5.45 Å². The third kappa shape index (κ3) is 4.70. The molecule has 0 aromatic carbocycles. The van der Waals surface area contributed by atoms with Gasteiger partial charge in [0.15, 0.2) is 5.45 Å². The lowest BCUT2D eigenvalue weighted by atomic mass is 10.2. The second-order valence-electron chi connectivity index (χ2n) is 6.32. The van der Waals surface area contributed by atoms with Crippen LogP contribution in [-0.2, 0) is 18.1 Å². The standard InChI is InChI=1S/C12H28NO4PSi/c1-10(2)11(18(14,15-6)16-7)13-17-19(8,9)12(3,4)5/h10H,1-9H3/b13-11+. The molecule has 0 unspecified atom stereocenters. The number of nitrogens with zero attached hydrogens (tertiary/aromatic N) is 1. The van der Waals surface area contributed by atoms with Crippen LogP contribution in [0.15, 0.2) is 5.16 Å². The first-order chi connectivity index (χ1) is 8.41. The first kappa shape index (κ1) is 18.8. The topological polar surface area (TPSA) is 57.1 Å². The molecule has 0 fully saturated rings. The van der Waals surface area contributed by atoms with E-state index in [9.17, 15) is 4.57 Å². The van der Waals surface area contributed by atoms with E-state index in [1.54, 1.807) is 0 Å². The molecule has 0 radical (unpaired) electrons. The van der Waals surface area contributed by atoms with Gasteiger partial charge < -0.3 is 13.6 Å². The van der Waals surface area contributed by atoms with Gasteiger partial charge in [0, 0.05) is 20.1 Å². The summed E-state index contributed by atoms with van der Waals surface area (Å²) in [6, 6.07) is 0. The average molecular weight is 309 g/mol. The Morgan fingerprint density at radius 2 is 1.58 bits per heavy atom. The molecule has 0 atom stereocenters. The van der Waals surface area contributed by atoms with E-state index in [2.05, 4.69) is 39.0 Å². The zero-order chi connectivity index (χ0) is 15.5. The quantitative estimate of drug-likeness (QED) is 0.314. The molecule has 0 aliphatic carbocycles. The van der Waals surface area contributed by atoms with Gasteiger partial charge in [0.2, 0.25) is 0 Å². The molecular formula is C12H28NO4PSi. The zero-order valence-corrected chi connectivity index (χ0v) is 15.5. The van der Waals surface area contributed by atoms with Crippen LogP contribution in [0.1, 0.15) is 34.6 Å². The third-order valence-corrected chi connectivity index (χ3v) is 9.73. The normalized spacial score (nSPS) is 14.9. The minimum Gasteiger partial charge on any atom is -0.454 e. The van der Waals surface area contributed by atoms with Crippen molar-refractivity contribution in [3.8, 4) is 0 Å². The highest BCUT2D eigenvalue weighted by Gasteiger charge is 2.41. The van der Waals surface area contributed by atoms with Gasteiger partial charge in [-0.15, -0.1) is 0 Å². The van der Waals surface area contributed by atoms with Crippen molar-refractivity contribution >= 4 is 21.4 Å². The van der Waals surface area contributed by atoms with Crippen molar-refractivity contribution in [1.82, 2.24) is 0 Å². The predicted molar refractivity (Wildman–Crippen MR) is 82.2 cm³/mol. The van der Waals surface area contributed by atoms with E-state index in [0.717, 1.165) is 0 Å². The van der Waals surface area contributed by atoms with Gasteiger partial charge in [0.25, 0.3) is 8.32 Å². The second-order valence-corrected chi connectivity index (χ2v) is 13.2. The number of hydrogen-bond acceptors (Lipinski definition) is 5. The Hall–Kier alpha value is -0.163. The Balaban J connectivity index is 5.36. The van der Waals surface area contributed by atoms with E-state index in [1.165, 1.54) is 14.2 Å². The smallest absolute Gasteiger partial charge is 0.378 e. The van der Waals surface area contributed by atoms with E-state index in [4.69, 9.17) is 13.6 Å². The lowest BCUT2D eigenvalue weighted by molar-refractivity contribution is 0.279. The molecule has 7 heteroatoms. The molecule has 19 heavy (non-hydrogen) atoms. The summed E-state index contributed by atoms with van der Waals surface area (Å²) >= 11 is 0. The van der Waals surface area contributed by atoms with Gasteiger partial charge in [0.1, 0.15) is 0 Å². The van der Waals surface area contributed by atoms with E-state index in [1.807, 2.05) is 13.8 Å². The van der Waals surface area contributed by atoms with Crippen LogP contribution in [0.4, 0.5) is 0 Å². The fourth-order valence-corrected chi connectivity index (χ4v) is 3.00. The molecule has 0 rings (SSSR count). The van der Waals surface area contributed by atoms with Gasteiger partial charge in [0.05, 0.1) is 0 Å². The largest absolute Gasteiger partial charge is 0.454 e. The van der Waals surface area contributed by atoms with Gasteiger partial charge in [-0.2, -0.15) is 0 Å². The molecule has 0 amide bonds. The predicted octanol–water partition coefficient (Wildman–Crippen LogP) is 4.46. The van der Waals surface area contributed by atoms with Crippen molar-refractivity contribution in [3.63, 3.8) is 0 Å². The zero-order valence-electron chi connectivity index (χ0n) is 13.6. The van der Waals surface area contributed by atoms with Gasteiger partial charge in [-0.05, 0) is 18.1 Å². The van der Waals surface area contributed by atoms with Crippen LogP contribution in [0.3, 0.4) is 0 Å². The summed E-state index contributed by atoms with van der Waals surface area (Å²) < 4.78 is 28.2. The fourth-order valence-electron chi connectivity index (χ4n) is 1.03. The highest BCUT2D eigenvalue weighted by atomic mass is 31.2. The highest BCUT2D eigenvalue weighted by Crippen LogP contribution is 2.50. The summed E-state index contributed by atoms with van der Waals surface area (Å²) in [6.07, 6.45) is 0. The summed E-state index contributed by atoms with van der Waals surface area (Å²) in [5.41, 5.74) is 0.335. The molecule has 114 valence electrons. The van der Waals surface area contributed by atoms with Crippen LogP contribution >= 0.6 is 7.60 Å². The Kier molecular flexibility index (Phi) is 6.47. The van der Waals surface area contributed by atoms with Crippen LogP contribution in [0, 0.1) is 5.92 Å². The monoisotopic (exact) mass is 309 g/mol. The molecule has 0 aromatic heterocycles. The maximum Gasteiger partial charge on any atom is 0.378 e. The van der Waals surface area contributed by atoms with E-state index >= 15 is 0 Å². The maximum absolute atomic E-state index is 12.4. The molecular weight excluding hydrogens is 281 g/mol. The number of oxime groups is 1. The first-order valence-corrected chi connectivity index (χ1v) is 10.8. The van der Waals surface area contributed by atoms with Crippen molar-refractivity contribution < 1.29 is 18.1 Å². The molecule has 0 saturated heterocycles. The lowest BCUT2D eigenvalue weighted by Crippen LogP contribution is -2.39. The third-order valence-electron chi connectivity index (χ3n) is 3.45. The van der Waals surface area contributed by atoms with Crippen molar-refractivity contribution in [2.45, 2.75) is 52.8 Å². The van der Waals surface area contributed by atoms with Crippen LogP contribution in [0.25, 0.3) is 0 Å². The molecule has 0 N–H and O–H groups in total. The molecule has 0 aliphatic rings. The van der Waals surface area contributed by atoms with Crippen LogP contribution in [0.5, 0.6) is 0 Å².